The Kier molecular flexibility index (Phi) is 5.74. The lowest BCUT2D eigenvalue weighted by molar-refractivity contribution is 0.0696. The van der Waals surface area contributed by atoms with Gasteiger partial charge in [0.05, 0.1) is 12.2 Å². The van der Waals surface area contributed by atoms with E-state index in [9.17, 15) is 4.79 Å². The van der Waals surface area contributed by atoms with Crippen LogP contribution in [0.25, 0.3) is 5.57 Å². The minimum atomic E-state index is -0.942. The Balaban J connectivity index is 1.81. The lowest BCUT2D eigenvalue weighted by Crippen LogP contribution is -2.06. The van der Waals surface area contributed by atoms with E-state index in [-0.39, 0.29) is 11.4 Å². The van der Waals surface area contributed by atoms with Gasteiger partial charge in [-0.3, -0.25) is 0 Å². The van der Waals surface area contributed by atoms with Crippen molar-refractivity contribution in [2.24, 2.45) is 10.7 Å². The number of carbonyl (C=O) groups is 1. The van der Waals surface area contributed by atoms with Crippen molar-refractivity contribution in [2.75, 3.05) is 11.9 Å². The summed E-state index contributed by atoms with van der Waals surface area (Å²) in [5.41, 5.74) is 9.44. The van der Waals surface area contributed by atoms with Crippen molar-refractivity contribution >= 4 is 23.6 Å². The van der Waals surface area contributed by atoms with Crippen molar-refractivity contribution in [1.29, 1.82) is 0 Å². The van der Waals surface area contributed by atoms with Gasteiger partial charge in [-0.2, -0.15) is 0 Å². The molecule has 7 heteroatoms. The molecule has 0 spiro atoms. The predicted molar refractivity (Wildman–Crippen MR) is 110 cm³/mol. The molecule has 0 amide bonds. The number of pyridine rings is 1. The van der Waals surface area contributed by atoms with Crippen LogP contribution in [0.4, 0.5) is 5.82 Å². The second-order valence-corrected chi connectivity index (χ2v) is 6.40. The number of rotatable bonds is 7. The minimum absolute atomic E-state index is 0.246. The van der Waals surface area contributed by atoms with Crippen LogP contribution in [0.15, 0.2) is 53.9 Å². The minimum Gasteiger partial charge on any atom is -0.492 e. The highest BCUT2D eigenvalue weighted by Crippen LogP contribution is 2.37. The molecule has 0 radical (unpaired) electrons. The lowest BCUT2D eigenvalue weighted by atomic mass is 10.0. The van der Waals surface area contributed by atoms with E-state index in [1.165, 1.54) is 0 Å². The first-order valence-electron chi connectivity index (χ1n) is 8.82. The third kappa shape index (κ3) is 4.37. The predicted octanol–water partition coefficient (Wildman–Crippen LogP) is 3.23. The fourth-order valence-corrected chi connectivity index (χ4v) is 2.96. The molecule has 0 saturated heterocycles. The maximum Gasteiger partial charge on any atom is 0.335 e. The highest BCUT2D eigenvalue weighted by atomic mass is 16.5. The van der Waals surface area contributed by atoms with Gasteiger partial charge < -0.3 is 20.9 Å². The summed E-state index contributed by atoms with van der Waals surface area (Å²) in [6, 6.07) is 6.83. The average Bonchev–Trinajstić information content (AvgIpc) is 3.16. The van der Waals surface area contributed by atoms with E-state index < -0.39 is 5.97 Å². The van der Waals surface area contributed by atoms with Gasteiger partial charge in [0, 0.05) is 36.5 Å². The van der Waals surface area contributed by atoms with Gasteiger partial charge in [0.15, 0.2) is 0 Å². The molecule has 3 rings (SSSR count). The van der Waals surface area contributed by atoms with Gasteiger partial charge >= 0.3 is 5.97 Å². The molecule has 0 bridgehead atoms. The quantitative estimate of drug-likeness (QED) is 0.638. The molecule has 0 saturated carbocycles. The number of aromatic carboxylic acids is 1. The van der Waals surface area contributed by atoms with Crippen LogP contribution in [0.3, 0.4) is 0 Å². The number of nitrogens with one attached hydrogen (secondary N) is 1. The smallest absolute Gasteiger partial charge is 0.335 e. The summed E-state index contributed by atoms with van der Waals surface area (Å²) in [7, 11) is 0. The van der Waals surface area contributed by atoms with Crippen LogP contribution in [0.1, 0.15) is 34.0 Å². The third-order valence-corrected chi connectivity index (χ3v) is 4.35. The van der Waals surface area contributed by atoms with E-state index in [2.05, 4.69) is 21.9 Å². The summed E-state index contributed by atoms with van der Waals surface area (Å²) in [6.07, 6.45) is 5.95. The molecule has 1 aromatic heterocycles. The fourth-order valence-electron chi connectivity index (χ4n) is 2.96. The Hall–Kier alpha value is -3.61. The zero-order chi connectivity index (χ0) is 20.1. The summed E-state index contributed by atoms with van der Waals surface area (Å²) in [5.74, 6) is 0.858. The first-order valence-corrected chi connectivity index (χ1v) is 8.82. The maximum atomic E-state index is 11.1. The van der Waals surface area contributed by atoms with Gasteiger partial charge in [0.1, 0.15) is 17.4 Å². The number of fused-ring (bicyclic) bond motifs is 1. The number of allylic oxidation sites excluding steroid dienone is 2. The molecule has 0 atom stereocenters. The van der Waals surface area contributed by atoms with Gasteiger partial charge in [-0.25, -0.2) is 14.8 Å². The Labute approximate surface area is 163 Å². The molecule has 2 heterocycles. The van der Waals surface area contributed by atoms with Crippen LogP contribution in [0.5, 0.6) is 5.75 Å². The van der Waals surface area contributed by atoms with Gasteiger partial charge in [0.25, 0.3) is 0 Å². The molecular formula is C21H22N4O3. The standard InChI is InChI=1S/C21H22N4O3/c1-13(6-8-23-14(2)22)18-12-25-20(17-7-9-28-19(17)18)24-11-15-4-3-5-16(10-15)21(26)27/h3-6,8,10,12H,2,7,9,11,22H2,1H3,(H,24,25)(H,26,27)/b13-6+,23-8-. The summed E-state index contributed by atoms with van der Waals surface area (Å²) in [5, 5.41) is 12.4. The van der Waals surface area contributed by atoms with Gasteiger partial charge in [0.2, 0.25) is 0 Å². The van der Waals surface area contributed by atoms with Crippen molar-refractivity contribution in [2.45, 2.75) is 19.9 Å². The number of carboxylic acid groups (broad SMARTS) is 1. The van der Waals surface area contributed by atoms with Crippen molar-refractivity contribution in [1.82, 2.24) is 4.98 Å². The summed E-state index contributed by atoms with van der Waals surface area (Å²) >= 11 is 0. The second kappa shape index (κ2) is 8.39. The molecule has 28 heavy (non-hydrogen) atoms. The third-order valence-electron chi connectivity index (χ3n) is 4.35. The second-order valence-electron chi connectivity index (χ2n) is 6.40. The lowest BCUT2D eigenvalue weighted by Gasteiger charge is -2.13. The summed E-state index contributed by atoms with van der Waals surface area (Å²) in [6.45, 7) is 6.55. The Morgan fingerprint density at radius 1 is 1.50 bits per heavy atom. The summed E-state index contributed by atoms with van der Waals surface area (Å²) < 4.78 is 5.84. The van der Waals surface area contributed by atoms with Crippen molar-refractivity contribution < 1.29 is 14.6 Å². The molecule has 2 aromatic rings. The van der Waals surface area contributed by atoms with Crippen molar-refractivity contribution in [3.05, 3.63) is 71.2 Å². The number of carboxylic acids is 1. The molecule has 0 fully saturated rings. The number of benzene rings is 1. The van der Waals surface area contributed by atoms with Crippen LogP contribution in [-0.4, -0.2) is 28.9 Å². The van der Waals surface area contributed by atoms with E-state index >= 15 is 0 Å². The Morgan fingerprint density at radius 3 is 3.07 bits per heavy atom. The van der Waals surface area contributed by atoms with E-state index in [0.29, 0.717) is 13.2 Å². The molecule has 7 nitrogen and oxygen atoms in total. The molecular weight excluding hydrogens is 356 g/mol. The average molecular weight is 378 g/mol. The number of nitrogens with two attached hydrogens (primary N) is 1. The zero-order valence-electron chi connectivity index (χ0n) is 15.6. The fraction of sp³-hybridized carbons (Fsp3) is 0.190. The zero-order valence-corrected chi connectivity index (χ0v) is 15.6. The number of anilines is 1. The molecule has 0 unspecified atom stereocenters. The maximum absolute atomic E-state index is 11.1. The molecule has 1 aliphatic rings. The Morgan fingerprint density at radius 2 is 2.32 bits per heavy atom. The van der Waals surface area contributed by atoms with Gasteiger partial charge in [-0.05, 0) is 36.3 Å². The number of aliphatic imine (C=N–C) groups is 1. The van der Waals surface area contributed by atoms with Crippen LogP contribution in [-0.2, 0) is 13.0 Å². The SMILES string of the molecule is C=C(N)/N=C\C=C(/C)c1cnc(NCc2cccc(C(=O)O)c2)c2c1OCC2. The highest BCUT2D eigenvalue weighted by molar-refractivity contribution is 5.88. The molecule has 144 valence electrons. The number of nitrogens with zero attached hydrogens (tertiary/aromatic N) is 2. The van der Waals surface area contributed by atoms with E-state index in [0.717, 1.165) is 40.3 Å². The van der Waals surface area contributed by atoms with Gasteiger partial charge in [-0.1, -0.05) is 18.7 Å². The van der Waals surface area contributed by atoms with Crippen LogP contribution < -0.4 is 15.8 Å². The first kappa shape index (κ1) is 19.2. The topological polar surface area (TPSA) is 110 Å². The van der Waals surface area contributed by atoms with Crippen molar-refractivity contribution in [3.63, 3.8) is 0 Å². The molecule has 1 aromatic carbocycles. The highest BCUT2D eigenvalue weighted by Gasteiger charge is 2.22. The molecule has 0 aliphatic carbocycles. The van der Waals surface area contributed by atoms with Crippen LogP contribution in [0.2, 0.25) is 0 Å². The first-order chi connectivity index (χ1) is 13.5. The van der Waals surface area contributed by atoms with Crippen molar-refractivity contribution in [3.8, 4) is 5.75 Å². The normalized spacial score (nSPS) is 13.2. The van der Waals surface area contributed by atoms with Gasteiger partial charge in [-0.15, -0.1) is 0 Å². The van der Waals surface area contributed by atoms with E-state index in [4.69, 9.17) is 15.6 Å². The van der Waals surface area contributed by atoms with E-state index in [1.807, 2.05) is 19.1 Å². The molecule has 1 aliphatic heterocycles. The number of hydrogen-bond acceptors (Lipinski definition) is 6. The monoisotopic (exact) mass is 378 g/mol. The van der Waals surface area contributed by atoms with E-state index in [1.54, 1.807) is 30.6 Å². The summed E-state index contributed by atoms with van der Waals surface area (Å²) in [4.78, 5) is 19.6. The number of ether oxygens (including phenoxy) is 1. The van der Waals surface area contributed by atoms with Crippen LogP contribution >= 0.6 is 0 Å². The van der Waals surface area contributed by atoms with Crippen LogP contribution in [0, 0.1) is 0 Å². The Bertz CT molecular complexity index is 980. The molecule has 4 N–H and O–H groups in total. The number of hydrogen-bond donors (Lipinski definition) is 3. The number of aromatic nitrogens is 1. The largest absolute Gasteiger partial charge is 0.492 e.